The molecule has 0 amide bonds. The van der Waals surface area contributed by atoms with Crippen LogP contribution in [-0.2, 0) is 0 Å². The minimum atomic E-state index is 0.0753. The SMILES string of the molecule is CCCC(C)C(=O)c1ccccc1OC. The summed E-state index contributed by atoms with van der Waals surface area (Å²) in [5.41, 5.74) is 0.695. The molecule has 1 aromatic rings. The summed E-state index contributed by atoms with van der Waals surface area (Å²) in [4.78, 5) is 12.0. The molecule has 0 aliphatic rings. The van der Waals surface area contributed by atoms with E-state index in [0.717, 1.165) is 12.8 Å². The molecule has 0 heterocycles. The van der Waals surface area contributed by atoms with Gasteiger partial charge in [-0.15, -0.1) is 0 Å². The lowest BCUT2D eigenvalue weighted by molar-refractivity contribution is 0.0920. The van der Waals surface area contributed by atoms with Crippen LogP contribution in [-0.4, -0.2) is 12.9 Å². The number of hydrogen-bond acceptors (Lipinski definition) is 2. The monoisotopic (exact) mass is 206 g/mol. The zero-order valence-electron chi connectivity index (χ0n) is 9.62. The van der Waals surface area contributed by atoms with Gasteiger partial charge in [0.05, 0.1) is 12.7 Å². The molecule has 0 N–H and O–H groups in total. The Kier molecular flexibility index (Phi) is 4.35. The van der Waals surface area contributed by atoms with Crippen LogP contribution in [0.15, 0.2) is 24.3 Å². The predicted octanol–water partition coefficient (Wildman–Crippen LogP) is 3.31. The van der Waals surface area contributed by atoms with E-state index in [1.54, 1.807) is 7.11 Å². The molecule has 0 bridgehead atoms. The van der Waals surface area contributed by atoms with Crippen molar-refractivity contribution in [1.29, 1.82) is 0 Å². The van der Waals surface area contributed by atoms with Crippen molar-refractivity contribution in [3.05, 3.63) is 29.8 Å². The fourth-order valence-corrected chi connectivity index (χ4v) is 1.68. The minimum absolute atomic E-state index is 0.0753. The van der Waals surface area contributed by atoms with Gasteiger partial charge in [0.15, 0.2) is 5.78 Å². The van der Waals surface area contributed by atoms with Crippen LogP contribution < -0.4 is 4.74 Å². The van der Waals surface area contributed by atoms with Crippen molar-refractivity contribution < 1.29 is 9.53 Å². The number of carbonyl (C=O) groups excluding carboxylic acids is 1. The Morgan fingerprint density at radius 2 is 2.07 bits per heavy atom. The molecule has 82 valence electrons. The van der Waals surface area contributed by atoms with Gasteiger partial charge in [-0.05, 0) is 18.6 Å². The molecule has 1 atom stereocenters. The quantitative estimate of drug-likeness (QED) is 0.691. The Balaban J connectivity index is 2.90. The molecule has 2 heteroatoms. The molecule has 0 aromatic heterocycles. The van der Waals surface area contributed by atoms with Gasteiger partial charge >= 0.3 is 0 Å². The third kappa shape index (κ3) is 2.82. The summed E-state index contributed by atoms with van der Waals surface area (Å²) in [5, 5.41) is 0. The molecular formula is C13H18O2. The van der Waals surface area contributed by atoms with E-state index in [9.17, 15) is 4.79 Å². The maximum atomic E-state index is 12.0. The zero-order chi connectivity index (χ0) is 11.3. The second kappa shape index (κ2) is 5.54. The Morgan fingerprint density at radius 1 is 1.40 bits per heavy atom. The second-order valence-electron chi connectivity index (χ2n) is 3.75. The summed E-state index contributed by atoms with van der Waals surface area (Å²) >= 11 is 0. The molecule has 15 heavy (non-hydrogen) atoms. The maximum absolute atomic E-state index is 12.0. The van der Waals surface area contributed by atoms with Gasteiger partial charge in [-0.3, -0.25) is 4.79 Å². The van der Waals surface area contributed by atoms with Crippen molar-refractivity contribution in [2.45, 2.75) is 26.7 Å². The summed E-state index contributed by atoms with van der Waals surface area (Å²) in [6.07, 6.45) is 1.96. The van der Waals surface area contributed by atoms with Crippen LogP contribution in [0.2, 0.25) is 0 Å². The van der Waals surface area contributed by atoms with Crippen molar-refractivity contribution in [3.63, 3.8) is 0 Å². The lowest BCUT2D eigenvalue weighted by Crippen LogP contribution is -2.12. The van der Waals surface area contributed by atoms with Crippen LogP contribution in [0, 0.1) is 5.92 Å². The lowest BCUT2D eigenvalue weighted by Gasteiger charge is -2.11. The molecule has 0 saturated carbocycles. The fourth-order valence-electron chi connectivity index (χ4n) is 1.68. The number of ether oxygens (including phenoxy) is 1. The summed E-state index contributed by atoms with van der Waals surface area (Å²) < 4.78 is 5.17. The van der Waals surface area contributed by atoms with E-state index >= 15 is 0 Å². The van der Waals surface area contributed by atoms with Gasteiger partial charge in [0.25, 0.3) is 0 Å². The number of para-hydroxylation sites is 1. The average Bonchev–Trinajstić information content (AvgIpc) is 2.28. The molecule has 2 nitrogen and oxygen atoms in total. The highest BCUT2D eigenvalue weighted by Gasteiger charge is 2.17. The van der Waals surface area contributed by atoms with E-state index in [0.29, 0.717) is 11.3 Å². The Hall–Kier alpha value is -1.31. The van der Waals surface area contributed by atoms with Gasteiger partial charge in [-0.1, -0.05) is 32.4 Å². The number of methoxy groups -OCH3 is 1. The molecule has 0 saturated heterocycles. The first-order valence-corrected chi connectivity index (χ1v) is 5.38. The van der Waals surface area contributed by atoms with Gasteiger partial charge in [0.2, 0.25) is 0 Å². The highest BCUT2D eigenvalue weighted by molar-refractivity contribution is 6.00. The topological polar surface area (TPSA) is 26.3 Å². The highest BCUT2D eigenvalue weighted by atomic mass is 16.5. The van der Waals surface area contributed by atoms with E-state index in [2.05, 4.69) is 6.92 Å². The number of carbonyl (C=O) groups is 1. The molecule has 0 aliphatic heterocycles. The molecule has 1 rings (SSSR count). The van der Waals surface area contributed by atoms with Crippen LogP contribution in [0.25, 0.3) is 0 Å². The number of Topliss-reactive ketones (excluding diaryl/α,β-unsaturated/α-hetero) is 1. The van der Waals surface area contributed by atoms with E-state index in [-0.39, 0.29) is 11.7 Å². The van der Waals surface area contributed by atoms with Gasteiger partial charge in [0.1, 0.15) is 5.75 Å². The standard InChI is InChI=1S/C13H18O2/c1-4-7-10(2)13(14)11-8-5-6-9-12(11)15-3/h5-6,8-10H,4,7H2,1-3H3. The largest absolute Gasteiger partial charge is 0.496 e. The molecule has 0 aliphatic carbocycles. The van der Waals surface area contributed by atoms with Crippen LogP contribution in [0.4, 0.5) is 0 Å². The third-order valence-electron chi connectivity index (χ3n) is 2.54. The summed E-state index contributed by atoms with van der Waals surface area (Å²) in [6.45, 7) is 4.06. The number of ketones is 1. The average molecular weight is 206 g/mol. The molecule has 0 radical (unpaired) electrons. The molecule has 0 fully saturated rings. The minimum Gasteiger partial charge on any atom is -0.496 e. The second-order valence-corrected chi connectivity index (χ2v) is 3.75. The van der Waals surface area contributed by atoms with Gasteiger partial charge in [-0.25, -0.2) is 0 Å². The Labute approximate surface area is 91.3 Å². The van der Waals surface area contributed by atoms with Crippen LogP contribution in [0.5, 0.6) is 5.75 Å². The van der Waals surface area contributed by atoms with E-state index in [1.165, 1.54) is 0 Å². The number of hydrogen-bond donors (Lipinski definition) is 0. The molecule has 0 spiro atoms. The first kappa shape index (κ1) is 11.8. The Bertz CT molecular complexity index is 331. The van der Waals surface area contributed by atoms with Crippen molar-refractivity contribution in [1.82, 2.24) is 0 Å². The van der Waals surface area contributed by atoms with Crippen molar-refractivity contribution in [3.8, 4) is 5.75 Å². The maximum Gasteiger partial charge on any atom is 0.169 e. The normalized spacial score (nSPS) is 12.2. The lowest BCUT2D eigenvalue weighted by atomic mass is 9.95. The van der Waals surface area contributed by atoms with Crippen molar-refractivity contribution in [2.75, 3.05) is 7.11 Å². The first-order chi connectivity index (χ1) is 7.20. The predicted molar refractivity (Wildman–Crippen MR) is 61.4 cm³/mol. The highest BCUT2D eigenvalue weighted by Crippen LogP contribution is 2.22. The van der Waals surface area contributed by atoms with Gasteiger partial charge in [0, 0.05) is 5.92 Å². The molecule has 1 aromatic carbocycles. The van der Waals surface area contributed by atoms with E-state index < -0.39 is 0 Å². The van der Waals surface area contributed by atoms with E-state index in [1.807, 2.05) is 31.2 Å². The summed E-state index contributed by atoms with van der Waals surface area (Å²) in [6, 6.07) is 7.40. The van der Waals surface area contributed by atoms with Crippen LogP contribution in [0.3, 0.4) is 0 Å². The van der Waals surface area contributed by atoms with Crippen molar-refractivity contribution in [2.24, 2.45) is 5.92 Å². The number of benzene rings is 1. The fraction of sp³-hybridized carbons (Fsp3) is 0.462. The third-order valence-corrected chi connectivity index (χ3v) is 2.54. The molecule has 1 unspecified atom stereocenters. The number of rotatable bonds is 5. The van der Waals surface area contributed by atoms with Gasteiger partial charge < -0.3 is 4.74 Å². The van der Waals surface area contributed by atoms with Crippen LogP contribution in [0.1, 0.15) is 37.0 Å². The summed E-state index contributed by atoms with van der Waals surface area (Å²) in [5.74, 6) is 0.922. The van der Waals surface area contributed by atoms with Crippen LogP contribution >= 0.6 is 0 Å². The zero-order valence-corrected chi connectivity index (χ0v) is 9.62. The van der Waals surface area contributed by atoms with E-state index in [4.69, 9.17) is 4.74 Å². The Morgan fingerprint density at radius 3 is 2.67 bits per heavy atom. The molecular weight excluding hydrogens is 188 g/mol. The van der Waals surface area contributed by atoms with Gasteiger partial charge in [-0.2, -0.15) is 0 Å². The first-order valence-electron chi connectivity index (χ1n) is 5.38. The smallest absolute Gasteiger partial charge is 0.169 e. The summed E-state index contributed by atoms with van der Waals surface area (Å²) in [7, 11) is 1.59. The van der Waals surface area contributed by atoms with Crippen molar-refractivity contribution >= 4 is 5.78 Å².